The molecule has 3 rings (SSSR count). The van der Waals surface area contributed by atoms with Crippen molar-refractivity contribution in [1.82, 2.24) is 20.6 Å². The van der Waals surface area contributed by atoms with E-state index in [-0.39, 0.29) is 0 Å². The van der Waals surface area contributed by atoms with Crippen molar-refractivity contribution in [2.75, 3.05) is 24.5 Å². The van der Waals surface area contributed by atoms with Crippen molar-refractivity contribution in [3.63, 3.8) is 0 Å². The van der Waals surface area contributed by atoms with Crippen LogP contribution < -0.4 is 15.5 Å². The van der Waals surface area contributed by atoms with Gasteiger partial charge in [0.15, 0.2) is 5.96 Å². The Bertz CT molecular complexity index is 740. The van der Waals surface area contributed by atoms with Crippen LogP contribution in [0.3, 0.4) is 0 Å². The lowest BCUT2D eigenvalue weighted by Gasteiger charge is -2.21. The van der Waals surface area contributed by atoms with E-state index in [0.29, 0.717) is 19.0 Å². The molecule has 0 aromatic carbocycles. The largest absolute Gasteiger partial charge is 0.444 e. The second-order valence-electron chi connectivity index (χ2n) is 7.22. The molecule has 0 amide bonds. The van der Waals surface area contributed by atoms with Gasteiger partial charge < -0.3 is 20.0 Å². The highest BCUT2D eigenvalue weighted by Gasteiger charge is 2.11. The SMILES string of the molecule is CCNC(=NCc1ccc(N2CCCCCC2)nc1)NCc1nc(C)c(C)o1. The smallest absolute Gasteiger partial charge is 0.214 e. The molecule has 7 heteroatoms. The van der Waals surface area contributed by atoms with Crippen molar-refractivity contribution in [2.45, 2.75) is 59.5 Å². The van der Waals surface area contributed by atoms with Gasteiger partial charge >= 0.3 is 0 Å². The zero-order valence-corrected chi connectivity index (χ0v) is 17.3. The van der Waals surface area contributed by atoms with Gasteiger partial charge in [-0.05, 0) is 45.2 Å². The maximum atomic E-state index is 5.61. The van der Waals surface area contributed by atoms with Gasteiger partial charge in [-0.2, -0.15) is 0 Å². The molecule has 3 heterocycles. The van der Waals surface area contributed by atoms with Crippen LogP contribution in [-0.2, 0) is 13.1 Å². The van der Waals surface area contributed by atoms with E-state index >= 15 is 0 Å². The number of nitrogens with one attached hydrogen (secondary N) is 2. The van der Waals surface area contributed by atoms with Gasteiger partial charge in [0.2, 0.25) is 5.89 Å². The molecule has 0 saturated carbocycles. The Morgan fingerprint density at radius 3 is 2.54 bits per heavy atom. The van der Waals surface area contributed by atoms with Crippen molar-refractivity contribution in [1.29, 1.82) is 0 Å². The van der Waals surface area contributed by atoms with Crippen LogP contribution in [0.2, 0.25) is 0 Å². The van der Waals surface area contributed by atoms with Gasteiger partial charge in [0.1, 0.15) is 11.6 Å². The van der Waals surface area contributed by atoms with Crippen LogP contribution in [0.4, 0.5) is 5.82 Å². The standard InChI is InChI=1S/C21H32N6O/c1-4-22-21(25-15-20-26-16(2)17(3)28-20)24-14-18-9-10-19(23-13-18)27-11-7-5-6-8-12-27/h9-10,13H,4-8,11-12,14-15H2,1-3H3,(H2,22,24,25). The first-order valence-corrected chi connectivity index (χ1v) is 10.3. The van der Waals surface area contributed by atoms with Crippen molar-refractivity contribution < 1.29 is 4.42 Å². The highest BCUT2D eigenvalue weighted by molar-refractivity contribution is 5.79. The third-order valence-electron chi connectivity index (χ3n) is 4.98. The molecule has 0 aliphatic carbocycles. The third kappa shape index (κ3) is 5.71. The number of hydrogen-bond acceptors (Lipinski definition) is 5. The number of oxazole rings is 1. The first-order valence-electron chi connectivity index (χ1n) is 10.3. The summed E-state index contributed by atoms with van der Waals surface area (Å²) in [5.74, 6) is 3.35. The second-order valence-corrected chi connectivity index (χ2v) is 7.22. The summed E-state index contributed by atoms with van der Waals surface area (Å²) < 4.78 is 5.61. The number of guanidine groups is 1. The summed E-state index contributed by atoms with van der Waals surface area (Å²) in [6, 6.07) is 4.25. The Hall–Kier alpha value is -2.57. The summed E-state index contributed by atoms with van der Waals surface area (Å²) in [5, 5.41) is 6.53. The van der Waals surface area contributed by atoms with Crippen molar-refractivity contribution in [3.05, 3.63) is 41.2 Å². The van der Waals surface area contributed by atoms with E-state index in [4.69, 9.17) is 4.42 Å². The Morgan fingerprint density at radius 1 is 1.14 bits per heavy atom. The maximum absolute atomic E-state index is 5.61. The Morgan fingerprint density at radius 2 is 1.93 bits per heavy atom. The molecule has 1 fully saturated rings. The molecule has 7 nitrogen and oxygen atoms in total. The van der Waals surface area contributed by atoms with Crippen molar-refractivity contribution in [3.8, 4) is 0 Å². The normalized spacial score (nSPS) is 15.4. The number of aryl methyl sites for hydroxylation is 2. The van der Waals surface area contributed by atoms with E-state index in [1.54, 1.807) is 0 Å². The summed E-state index contributed by atoms with van der Waals surface area (Å²) in [4.78, 5) is 16.1. The number of nitrogens with zero attached hydrogens (tertiary/aromatic N) is 4. The predicted octanol–water partition coefficient (Wildman–Crippen LogP) is 3.32. The van der Waals surface area contributed by atoms with E-state index in [1.807, 2.05) is 27.0 Å². The molecule has 0 radical (unpaired) electrons. The molecule has 0 bridgehead atoms. The predicted molar refractivity (Wildman–Crippen MR) is 113 cm³/mol. The van der Waals surface area contributed by atoms with E-state index in [0.717, 1.165) is 48.4 Å². The lowest BCUT2D eigenvalue weighted by atomic mass is 10.2. The van der Waals surface area contributed by atoms with Gasteiger partial charge in [-0.3, -0.25) is 0 Å². The molecule has 1 aliphatic rings. The molecule has 0 unspecified atom stereocenters. The molecule has 0 spiro atoms. The Kier molecular flexibility index (Phi) is 7.28. The molecule has 2 aromatic heterocycles. The zero-order chi connectivity index (χ0) is 19.8. The third-order valence-corrected chi connectivity index (χ3v) is 4.98. The van der Waals surface area contributed by atoms with Crippen LogP contribution in [0.25, 0.3) is 0 Å². The molecule has 2 aromatic rings. The Labute approximate surface area is 167 Å². The summed E-state index contributed by atoms with van der Waals surface area (Å²) in [6.45, 7) is 10.0. The molecule has 28 heavy (non-hydrogen) atoms. The molecule has 0 atom stereocenters. The number of rotatable bonds is 6. The van der Waals surface area contributed by atoms with E-state index in [9.17, 15) is 0 Å². The molecule has 1 saturated heterocycles. The number of pyridine rings is 1. The summed E-state index contributed by atoms with van der Waals surface area (Å²) in [6.07, 6.45) is 7.12. The fraction of sp³-hybridized carbons (Fsp3) is 0.571. The number of aromatic nitrogens is 2. The van der Waals surface area contributed by atoms with Crippen molar-refractivity contribution in [2.24, 2.45) is 4.99 Å². The van der Waals surface area contributed by atoms with Gasteiger partial charge in [0.25, 0.3) is 0 Å². The van der Waals surface area contributed by atoms with E-state index in [1.165, 1.54) is 25.7 Å². The number of hydrogen-bond donors (Lipinski definition) is 2. The van der Waals surface area contributed by atoms with Crippen LogP contribution in [-0.4, -0.2) is 35.6 Å². The highest BCUT2D eigenvalue weighted by Crippen LogP contribution is 2.17. The first-order chi connectivity index (χ1) is 13.7. The number of anilines is 1. The first kappa shape index (κ1) is 20.2. The van der Waals surface area contributed by atoms with Gasteiger partial charge in [-0.1, -0.05) is 18.9 Å². The lowest BCUT2D eigenvalue weighted by Crippen LogP contribution is -2.36. The topological polar surface area (TPSA) is 78.6 Å². The lowest BCUT2D eigenvalue weighted by molar-refractivity contribution is 0.463. The van der Waals surface area contributed by atoms with Gasteiger partial charge in [-0.25, -0.2) is 15.0 Å². The molecular formula is C21H32N6O. The molecule has 1 aliphatic heterocycles. The minimum absolute atomic E-state index is 0.507. The summed E-state index contributed by atoms with van der Waals surface area (Å²) in [7, 11) is 0. The number of aliphatic imine (C=N–C) groups is 1. The summed E-state index contributed by atoms with van der Waals surface area (Å²) >= 11 is 0. The van der Waals surface area contributed by atoms with Gasteiger partial charge in [-0.15, -0.1) is 0 Å². The van der Waals surface area contributed by atoms with Gasteiger partial charge in [0.05, 0.1) is 18.8 Å². The quantitative estimate of drug-likeness (QED) is 0.588. The van der Waals surface area contributed by atoms with Crippen LogP contribution in [0.15, 0.2) is 27.7 Å². The van der Waals surface area contributed by atoms with Crippen molar-refractivity contribution >= 4 is 11.8 Å². The zero-order valence-electron chi connectivity index (χ0n) is 17.3. The van der Waals surface area contributed by atoms with Crippen LogP contribution in [0.5, 0.6) is 0 Å². The minimum Gasteiger partial charge on any atom is -0.444 e. The molecule has 2 N–H and O–H groups in total. The average Bonchev–Trinajstić information content (AvgIpc) is 2.90. The minimum atomic E-state index is 0.507. The van der Waals surface area contributed by atoms with Gasteiger partial charge in [0, 0.05) is 25.8 Å². The Balaban J connectivity index is 1.57. The van der Waals surface area contributed by atoms with E-state index in [2.05, 4.69) is 42.6 Å². The van der Waals surface area contributed by atoms with E-state index < -0.39 is 0 Å². The fourth-order valence-electron chi connectivity index (χ4n) is 3.28. The second kappa shape index (κ2) is 10.1. The van der Waals surface area contributed by atoms with Crippen LogP contribution in [0.1, 0.15) is 55.5 Å². The highest BCUT2D eigenvalue weighted by atomic mass is 16.4. The summed E-state index contributed by atoms with van der Waals surface area (Å²) in [5.41, 5.74) is 2.02. The van der Waals surface area contributed by atoms with Crippen LogP contribution in [0, 0.1) is 13.8 Å². The molecule has 152 valence electrons. The van der Waals surface area contributed by atoms with Crippen LogP contribution >= 0.6 is 0 Å². The monoisotopic (exact) mass is 384 g/mol. The fourth-order valence-corrected chi connectivity index (χ4v) is 3.28. The average molecular weight is 385 g/mol. The molecular weight excluding hydrogens is 352 g/mol. The maximum Gasteiger partial charge on any atom is 0.214 e.